The maximum atomic E-state index is 12.0. The summed E-state index contributed by atoms with van der Waals surface area (Å²) < 4.78 is 26.6. The van der Waals surface area contributed by atoms with Crippen LogP contribution in [0, 0.1) is 0 Å². The van der Waals surface area contributed by atoms with Crippen molar-refractivity contribution in [1.82, 2.24) is 10.0 Å². The molecule has 2 N–H and O–H groups in total. The zero-order chi connectivity index (χ0) is 14.3. The van der Waals surface area contributed by atoms with Gasteiger partial charge in [-0.25, -0.2) is 13.1 Å². The molecular weight excluding hydrogens is 339 g/mol. The van der Waals surface area contributed by atoms with Crippen LogP contribution in [-0.4, -0.2) is 34.3 Å². The molecule has 0 aliphatic rings. The normalized spacial score (nSPS) is 11.2. The van der Waals surface area contributed by atoms with Crippen molar-refractivity contribution in [2.24, 2.45) is 0 Å². The van der Waals surface area contributed by atoms with Crippen molar-refractivity contribution in [3.05, 3.63) is 23.2 Å². The minimum Gasteiger partial charge on any atom is -0.315 e. The van der Waals surface area contributed by atoms with Crippen LogP contribution < -0.4 is 10.0 Å². The molecule has 0 saturated carbocycles. The van der Waals surface area contributed by atoms with Crippen LogP contribution in [0.25, 0.3) is 0 Å². The van der Waals surface area contributed by atoms with E-state index < -0.39 is 10.0 Å². The van der Waals surface area contributed by atoms with E-state index in [0.717, 1.165) is 17.9 Å². The minimum atomic E-state index is -3.48. The Bertz CT molecular complexity index is 510. The predicted molar refractivity (Wildman–Crippen MR) is 88.8 cm³/mol. The third-order valence-corrected chi connectivity index (χ3v) is 5.13. The highest BCUT2D eigenvalue weighted by atomic mass is 35.5. The van der Waals surface area contributed by atoms with E-state index in [1.165, 1.54) is 17.8 Å². The molecule has 1 rings (SSSR count). The molecule has 116 valence electrons. The quantitative estimate of drug-likeness (QED) is 0.554. The van der Waals surface area contributed by atoms with Crippen LogP contribution in [0.4, 0.5) is 0 Å². The van der Waals surface area contributed by atoms with Crippen LogP contribution in [-0.2, 0) is 10.0 Å². The number of benzene rings is 1. The van der Waals surface area contributed by atoms with Gasteiger partial charge in [0.05, 0.1) is 9.92 Å². The van der Waals surface area contributed by atoms with Crippen LogP contribution in [0.2, 0.25) is 5.02 Å². The number of thioether (sulfide) groups is 1. The largest absolute Gasteiger partial charge is 0.315 e. The van der Waals surface area contributed by atoms with Crippen molar-refractivity contribution in [3.8, 4) is 0 Å². The van der Waals surface area contributed by atoms with Gasteiger partial charge in [-0.05, 0) is 37.4 Å². The SMILES string of the molecule is CCCNCCNS(=O)(=O)c1ccc(SC)c(Cl)c1.Cl. The average Bonchev–Trinajstić information content (AvgIpc) is 2.38. The maximum absolute atomic E-state index is 12.0. The lowest BCUT2D eigenvalue weighted by atomic mass is 10.4. The van der Waals surface area contributed by atoms with Crippen molar-refractivity contribution >= 4 is 45.8 Å². The van der Waals surface area contributed by atoms with Gasteiger partial charge in [0.2, 0.25) is 10.0 Å². The highest BCUT2D eigenvalue weighted by Gasteiger charge is 2.14. The number of halogens is 2. The summed E-state index contributed by atoms with van der Waals surface area (Å²) in [6.07, 6.45) is 2.92. The number of nitrogens with one attached hydrogen (secondary N) is 2. The standard InChI is InChI=1S/C12H19ClN2O2S2.ClH/c1-3-6-14-7-8-15-19(16,17)10-4-5-12(18-2)11(13)9-10;/h4-5,9,14-15H,3,6-8H2,1-2H3;1H. The molecule has 20 heavy (non-hydrogen) atoms. The second-order valence-electron chi connectivity index (χ2n) is 3.94. The van der Waals surface area contributed by atoms with Gasteiger partial charge in [0, 0.05) is 18.0 Å². The first-order chi connectivity index (χ1) is 9.01. The molecule has 0 amide bonds. The van der Waals surface area contributed by atoms with Crippen LogP contribution in [0.1, 0.15) is 13.3 Å². The Kier molecular flexibility index (Phi) is 9.88. The summed E-state index contributed by atoms with van der Waals surface area (Å²) in [5.74, 6) is 0. The van der Waals surface area contributed by atoms with Crippen LogP contribution in [0.3, 0.4) is 0 Å². The van der Waals surface area contributed by atoms with Gasteiger partial charge >= 0.3 is 0 Å². The van der Waals surface area contributed by atoms with E-state index >= 15 is 0 Å². The second kappa shape index (κ2) is 9.87. The van der Waals surface area contributed by atoms with Crippen molar-refractivity contribution < 1.29 is 8.42 Å². The minimum absolute atomic E-state index is 0. The van der Waals surface area contributed by atoms with Gasteiger partial charge in [0.25, 0.3) is 0 Å². The molecule has 0 atom stereocenters. The molecule has 8 heteroatoms. The van der Waals surface area contributed by atoms with E-state index in [9.17, 15) is 8.42 Å². The Balaban J connectivity index is 0.00000361. The third kappa shape index (κ3) is 6.20. The maximum Gasteiger partial charge on any atom is 0.240 e. The fraction of sp³-hybridized carbons (Fsp3) is 0.500. The van der Waals surface area contributed by atoms with Crippen molar-refractivity contribution in [2.75, 3.05) is 25.9 Å². The van der Waals surface area contributed by atoms with Gasteiger partial charge < -0.3 is 5.32 Å². The lowest BCUT2D eigenvalue weighted by Crippen LogP contribution is -2.32. The molecule has 1 aromatic carbocycles. The molecule has 1 aromatic rings. The van der Waals surface area contributed by atoms with Gasteiger partial charge in [-0.3, -0.25) is 0 Å². The topological polar surface area (TPSA) is 58.2 Å². The Morgan fingerprint density at radius 2 is 1.95 bits per heavy atom. The van der Waals surface area contributed by atoms with E-state index in [1.54, 1.807) is 12.1 Å². The molecule has 0 fully saturated rings. The lowest BCUT2D eigenvalue weighted by molar-refractivity contribution is 0.575. The first-order valence-corrected chi connectivity index (χ1v) is 9.13. The molecule has 0 heterocycles. The fourth-order valence-electron chi connectivity index (χ4n) is 1.47. The molecule has 0 aliphatic heterocycles. The predicted octanol–water partition coefficient (Wildman–Crippen LogP) is 2.76. The molecule has 4 nitrogen and oxygen atoms in total. The summed E-state index contributed by atoms with van der Waals surface area (Å²) in [5, 5.41) is 3.59. The zero-order valence-corrected chi connectivity index (χ0v) is 14.7. The molecule has 0 spiro atoms. The van der Waals surface area contributed by atoms with Gasteiger partial charge in [-0.2, -0.15) is 0 Å². The van der Waals surface area contributed by atoms with Gasteiger partial charge in [0.1, 0.15) is 0 Å². The van der Waals surface area contributed by atoms with E-state index in [0.29, 0.717) is 18.1 Å². The first-order valence-electron chi connectivity index (χ1n) is 6.05. The first kappa shape index (κ1) is 20.0. The van der Waals surface area contributed by atoms with E-state index in [-0.39, 0.29) is 17.3 Å². The van der Waals surface area contributed by atoms with Gasteiger partial charge in [-0.15, -0.1) is 24.2 Å². The summed E-state index contributed by atoms with van der Waals surface area (Å²) >= 11 is 7.50. The van der Waals surface area contributed by atoms with Gasteiger partial charge in [0.15, 0.2) is 0 Å². The monoisotopic (exact) mass is 358 g/mol. The lowest BCUT2D eigenvalue weighted by Gasteiger charge is -2.09. The number of hydrogen-bond acceptors (Lipinski definition) is 4. The molecule has 0 bridgehead atoms. The Hall–Kier alpha value is 0.0200. The molecule has 0 unspecified atom stereocenters. The average molecular weight is 359 g/mol. The highest BCUT2D eigenvalue weighted by Crippen LogP contribution is 2.27. The molecule has 0 saturated heterocycles. The second-order valence-corrected chi connectivity index (χ2v) is 6.97. The number of hydrogen-bond donors (Lipinski definition) is 2. The fourth-order valence-corrected chi connectivity index (χ4v) is 3.47. The molecule has 0 aromatic heterocycles. The smallest absolute Gasteiger partial charge is 0.240 e. The van der Waals surface area contributed by atoms with E-state index in [1.807, 2.05) is 6.26 Å². The van der Waals surface area contributed by atoms with Crippen molar-refractivity contribution in [2.45, 2.75) is 23.1 Å². The summed E-state index contributed by atoms with van der Waals surface area (Å²) in [6.45, 7) is 3.93. The summed E-state index contributed by atoms with van der Waals surface area (Å²) in [4.78, 5) is 1.07. The summed E-state index contributed by atoms with van der Waals surface area (Å²) in [5.41, 5.74) is 0. The van der Waals surface area contributed by atoms with Crippen molar-refractivity contribution in [1.29, 1.82) is 0 Å². The van der Waals surface area contributed by atoms with Gasteiger partial charge in [-0.1, -0.05) is 18.5 Å². The van der Waals surface area contributed by atoms with E-state index in [2.05, 4.69) is 17.0 Å². The summed E-state index contributed by atoms with van der Waals surface area (Å²) in [6, 6.07) is 4.77. The molecular formula is C12H20Cl2N2O2S2. The Morgan fingerprint density at radius 1 is 1.25 bits per heavy atom. The van der Waals surface area contributed by atoms with Crippen LogP contribution >= 0.6 is 35.8 Å². The van der Waals surface area contributed by atoms with Crippen LogP contribution in [0.15, 0.2) is 28.0 Å². The highest BCUT2D eigenvalue weighted by molar-refractivity contribution is 7.98. The Labute approximate surface area is 136 Å². The third-order valence-electron chi connectivity index (χ3n) is 2.45. The number of sulfonamides is 1. The summed E-state index contributed by atoms with van der Waals surface area (Å²) in [7, 11) is -3.48. The van der Waals surface area contributed by atoms with Crippen LogP contribution in [0.5, 0.6) is 0 Å². The number of rotatable bonds is 8. The Morgan fingerprint density at radius 3 is 2.50 bits per heavy atom. The zero-order valence-electron chi connectivity index (χ0n) is 11.5. The van der Waals surface area contributed by atoms with E-state index in [4.69, 9.17) is 11.6 Å². The molecule has 0 radical (unpaired) electrons. The van der Waals surface area contributed by atoms with Crippen molar-refractivity contribution in [3.63, 3.8) is 0 Å². The molecule has 0 aliphatic carbocycles.